The van der Waals surface area contributed by atoms with Gasteiger partial charge in [-0.15, -0.1) is 0 Å². The third-order valence-electron chi connectivity index (χ3n) is 4.65. The van der Waals surface area contributed by atoms with Crippen molar-refractivity contribution < 1.29 is 27.3 Å². The van der Waals surface area contributed by atoms with Crippen LogP contribution in [0.5, 0.6) is 0 Å². The zero-order valence-electron chi connectivity index (χ0n) is 16.6. The van der Waals surface area contributed by atoms with Crippen molar-refractivity contribution in [2.24, 2.45) is 5.73 Å². The van der Waals surface area contributed by atoms with Crippen LogP contribution >= 0.6 is 0 Å². The van der Waals surface area contributed by atoms with Crippen molar-refractivity contribution in [3.8, 4) is 11.8 Å². The van der Waals surface area contributed by atoms with Gasteiger partial charge in [-0.3, -0.25) is 9.57 Å². The van der Waals surface area contributed by atoms with Crippen LogP contribution in [0.4, 0.5) is 13.2 Å². The van der Waals surface area contributed by atoms with E-state index in [-0.39, 0.29) is 17.7 Å². The van der Waals surface area contributed by atoms with Crippen LogP contribution in [0.3, 0.4) is 0 Å². The van der Waals surface area contributed by atoms with E-state index in [2.05, 4.69) is 11.8 Å². The van der Waals surface area contributed by atoms with Crippen molar-refractivity contribution in [3.05, 3.63) is 71.3 Å². The smallest absolute Gasteiger partial charge is 0.395 e. The van der Waals surface area contributed by atoms with Crippen molar-refractivity contribution >= 4 is 15.7 Å². The van der Waals surface area contributed by atoms with E-state index in [0.29, 0.717) is 5.56 Å². The Balaban J connectivity index is 2.09. The molecule has 166 valence electrons. The highest BCUT2D eigenvalue weighted by atomic mass is 32.2. The molecule has 5 nitrogen and oxygen atoms in total. The topological polar surface area (TPSA) is 104 Å². The summed E-state index contributed by atoms with van der Waals surface area (Å²) >= 11 is 0. The van der Waals surface area contributed by atoms with Gasteiger partial charge in [-0.25, -0.2) is 4.21 Å². The minimum absolute atomic E-state index is 0.00445. The Labute approximate surface area is 179 Å². The Bertz CT molecular complexity index is 1040. The first kappa shape index (κ1) is 24.4. The molecule has 0 fully saturated rings. The zero-order chi connectivity index (χ0) is 23.1. The molecular formula is C22H23F3N2O3S. The molecule has 2 aromatic rings. The maximum Gasteiger partial charge on any atom is 0.395 e. The number of aliphatic carboxylic acids is 1. The Morgan fingerprint density at radius 2 is 1.52 bits per heavy atom. The fourth-order valence-electron chi connectivity index (χ4n) is 2.83. The van der Waals surface area contributed by atoms with Crippen LogP contribution < -0.4 is 5.73 Å². The molecule has 2 aromatic carbocycles. The number of hydrogen-bond donors (Lipinski definition) is 3. The first-order chi connectivity index (χ1) is 14.5. The van der Waals surface area contributed by atoms with Gasteiger partial charge in [0.2, 0.25) is 0 Å². The maximum atomic E-state index is 13.6. The monoisotopic (exact) mass is 452 g/mol. The molecule has 0 heterocycles. The molecule has 0 aliphatic carbocycles. The summed E-state index contributed by atoms with van der Waals surface area (Å²) in [5, 5.41) is 8.74. The highest BCUT2D eigenvalue weighted by molar-refractivity contribution is 7.92. The Hall–Kier alpha value is -2.83. The highest BCUT2D eigenvalue weighted by Crippen LogP contribution is 2.37. The molecule has 4 N–H and O–H groups in total. The van der Waals surface area contributed by atoms with E-state index >= 15 is 0 Å². The van der Waals surface area contributed by atoms with Crippen molar-refractivity contribution in [1.29, 1.82) is 4.78 Å². The largest absolute Gasteiger partial charge is 0.480 e. The fraction of sp³-hybridized carbons (Fsp3) is 0.318. The van der Waals surface area contributed by atoms with Crippen LogP contribution in [0.15, 0.2) is 54.6 Å². The molecule has 0 bridgehead atoms. The van der Waals surface area contributed by atoms with Gasteiger partial charge in [0.05, 0.1) is 5.92 Å². The van der Waals surface area contributed by atoms with Gasteiger partial charge in [0.15, 0.2) is 0 Å². The second-order valence-corrected chi connectivity index (χ2v) is 9.51. The van der Waals surface area contributed by atoms with Gasteiger partial charge in [-0.2, -0.15) is 13.2 Å². The number of nitrogens with one attached hydrogen (secondary N) is 1. The van der Waals surface area contributed by atoms with E-state index in [1.54, 1.807) is 0 Å². The molecule has 0 aliphatic heterocycles. The minimum Gasteiger partial charge on any atom is -0.480 e. The van der Waals surface area contributed by atoms with Crippen LogP contribution in [0.2, 0.25) is 0 Å². The lowest BCUT2D eigenvalue weighted by molar-refractivity contribution is -0.150. The predicted octanol–water partition coefficient (Wildman–Crippen LogP) is 3.97. The number of benzene rings is 2. The van der Waals surface area contributed by atoms with Gasteiger partial charge < -0.3 is 10.8 Å². The summed E-state index contributed by atoms with van der Waals surface area (Å²) in [5.41, 5.74) is 6.65. The lowest BCUT2D eigenvalue weighted by atomic mass is 9.95. The average molecular weight is 452 g/mol. The first-order valence-electron chi connectivity index (χ1n) is 9.44. The molecule has 0 saturated heterocycles. The average Bonchev–Trinajstić information content (AvgIpc) is 2.71. The fourth-order valence-corrected chi connectivity index (χ4v) is 4.29. The van der Waals surface area contributed by atoms with Crippen LogP contribution in [-0.4, -0.2) is 39.0 Å². The normalized spacial score (nSPS) is 15.2. The van der Waals surface area contributed by atoms with Gasteiger partial charge in [-0.1, -0.05) is 42.2 Å². The van der Waals surface area contributed by atoms with Gasteiger partial charge in [-0.05, 0) is 42.7 Å². The summed E-state index contributed by atoms with van der Waals surface area (Å²) in [5.74, 6) is 1.76. The summed E-state index contributed by atoms with van der Waals surface area (Å²) in [6, 6.07) is 13.5. The number of halogens is 3. The molecule has 2 rings (SSSR count). The number of carboxylic acids is 1. The van der Waals surface area contributed by atoms with E-state index in [4.69, 9.17) is 15.6 Å². The molecule has 0 spiro atoms. The van der Waals surface area contributed by atoms with E-state index in [9.17, 15) is 22.2 Å². The van der Waals surface area contributed by atoms with E-state index in [0.717, 1.165) is 5.56 Å². The van der Waals surface area contributed by atoms with Gasteiger partial charge in [0.25, 0.3) is 0 Å². The van der Waals surface area contributed by atoms with E-state index < -0.39 is 46.0 Å². The minimum atomic E-state index is -4.58. The van der Waals surface area contributed by atoms with Crippen molar-refractivity contribution in [3.63, 3.8) is 0 Å². The summed E-state index contributed by atoms with van der Waals surface area (Å²) < 4.78 is 60.8. The quantitative estimate of drug-likeness (QED) is 0.527. The summed E-state index contributed by atoms with van der Waals surface area (Å²) in [6.07, 6.45) is -5.35. The number of carbonyl (C=O) groups is 1. The summed E-state index contributed by atoms with van der Waals surface area (Å²) in [6.45, 7) is 0. The molecule has 0 aliphatic rings. The Morgan fingerprint density at radius 1 is 1.00 bits per heavy atom. The highest BCUT2D eigenvalue weighted by Gasteiger charge is 2.40. The van der Waals surface area contributed by atoms with Gasteiger partial charge >= 0.3 is 12.1 Å². The molecule has 9 heteroatoms. The zero-order valence-corrected chi connectivity index (χ0v) is 17.4. The Kier molecular flexibility index (Phi) is 8.25. The number of rotatable bonds is 8. The third-order valence-corrected chi connectivity index (χ3v) is 6.44. The number of carboxylic acid groups (broad SMARTS) is 1. The molecule has 0 saturated carbocycles. The molecule has 31 heavy (non-hydrogen) atoms. The molecule has 0 radical (unpaired) electrons. The van der Waals surface area contributed by atoms with Crippen LogP contribution in [0.25, 0.3) is 0 Å². The lowest BCUT2D eigenvalue weighted by Crippen LogP contribution is -2.32. The van der Waals surface area contributed by atoms with E-state index in [1.165, 1.54) is 24.3 Å². The Morgan fingerprint density at radius 3 is 2.03 bits per heavy atom. The third kappa shape index (κ3) is 8.07. The predicted molar refractivity (Wildman–Crippen MR) is 113 cm³/mol. The van der Waals surface area contributed by atoms with Crippen LogP contribution in [-0.2, 0) is 14.5 Å². The van der Waals surface area contributed by atoms with E-state index in [1.807, 2.05) is 30.3 Å². The number of alkyl halides is 3. The standard InChI is InChI=1S/C22H23F3N2O3S/c23-22(24,25)19(12-14-31(27,30)15-13-20(26)21(28)29)18-10-8-17(9-11-18)7-6-16-4-2-1-3-5-16/h1-5,8-11,19-20,27H,12-15,26H2,(H,28,29)/t19?,20-,31?/m0/s1. The van der Waals surface area contributed by atoms with Crippen molar-refractivity contribution in [1.82, 2.24) is 0 Å². The first-order valence-corrected chi connectivity index (χ1v) is 11.3. The molecule has 2 unspecified atom stereocenters. The van der Waals surface area contributed by atoms with Crippen molar-refractivity contribution in [2.45, 2.75) is 31.0 Å². The van der Waals surface area contributed by atoms with Gasteiger partial charge in [0.1, 0.15) is 6.04 Å². The molecule has 0 amide bonds. The van der Waals surface area contributed by atoms with Crippen LogP contribution in [0, 0.1) is 16.6 Å². The maximum absolute atomic E-state index is 13.6. The number of hydrogen-bond acceptors (Lipinski definition) is 4. The van der Waals surface area contributed by atoms with Crippen molar-refractivity contribution in [2.75, 3.05) is 11.5 Å². The SMILES string of the molecule is N=S(=O)(CCC(c1ccc(C#Cc2ccccc2)cc1)C(F)(F)F)CC[C@H](N)C(=O)O. The summed E-state index contributed by atoms with van der Waals surface area (Å²) in [4.78, 5) is 10.7. The second-order valence-electron chi connectivity index (χ2n) is 7.07. The second kappa shape index (κ2) is 10.5. The molecule has 3 atom stereocenters. The summed E-state index contributed by atoms with van der Waals surface area (Å²) in [7, 11) is -3.39. The van der Waals surface area contributed by atoms with Gasteiger partial charge in [0, 0.05) is 32.4 Å². The molecular weight excluding hydrogens is 429 g/mol. The van der Waals surface area contributed by atoms with Crippen LogP contribution in [0.1, 0.15) is 35.4 Å². The molecule has 0 aromatic heterocycles. The lowest BCUT2D eigenvalue weighted by Gasteiger charge is -2.21. The number of nitrogens with two attached hydrogens (primary N) is 1.